The Bertz CT molecular complexity index is 826. The van der Waals surface area contributed by atoms with Gasteiger partial charge in [0.2, 0.25) is 0 Å². The fourth-order valence-corrected chi connectivity index (χ4v) is 3.94. The van der Waals surface area contributed by atoms with Crippen LogP contribution < -0.4 is 4.90 Å². The normalized spacial score (nSPS) is 16.1. The molecule has 0 saturated heterocycles. The number of hydrogen-bond acceptors (Lipinski definition) is 4. The molecule has 3 rings (SSSR count). The molecule has 2 aromatic rings. The van der Waals surface area contributed by atoms with E-state index in [-0.39, 0.29) is 18.3 Å². The van der Waals surface area contributed by atoms with Gasteiger partial charge in [0.05, 0.1) is 10.6 Å². The second-order valence-corrected chi connectivity index (χ2v) is 7.06. The summed E-state index contributed by atoms with van der Waals surface area (Å²) in [6.45, 7) is 2.21. The van der Waals surface area contributed by atoms with Crippen LogP contribution in [0.5, 0.6) is 0 Å². The highest BCUT2D eigenvalue weighted by atomic mass is 79.9. The third kappa shape index (κ3) is 3.72. The monoisotopic (exact) mass is 418 g/mol. The Morgan fingerprint density at radius 1 is 1.35 bits per heavy atom. The molecule has 0 bridgehead atoms. The zero-order valence-corrected chi connectivity index (χ0v) is 15.9. The Morgan fingerprint density at radius 2 is 2.08 bits per heavy atom. The molecule has 1 heterocycles. The number of nitrogens with zero attached hydrogens (tertiary/aromatic N) is 2. The van der Waals surface area contributed by atoms with Gasteiger partial charge in [-0.1, -0.05) is 37.3 Å². The average molecular weight is 419 g/mol. The van der Waals surface area contributed by atoms with E-state index in [0.29, 0.717) is 16.6 Å². The van der Waals surface area contributed by atoms with Crippen molar-refractivity contribution < 1.29 is 14.5 Å². The van der Waals surface area contributed by atoms with Gasteiger partial charge in [0.25, 0.3) is 5.69 Å². The van der Waals surface area contributed by atoms with Gasteiger partial charge in [0.15, 0.2) is 0 Å². The summed E-state index contributed by atoms with van der Waals surface area (Å²) in [5, 5.41) is 11.1. The van der Waals surface area contributed by atoms with Gasteiger partial charge in [0.1, 0.15) is 6.61 Å². The van der Waals surface area contributed by atoms with Crippen molar-refractivity contribution in [3.05, 3.63) is 68.2 Å². The molecule has 136 valence electrons. The summed E-state index contributed by atoms with van der Waals surface area (Å²) in [6.07, 6.45) is 1.79. The predicted octanol–water partition coefficient (Wildman–Crippen LogP) is 5.23. The van der Waals surface area contributed by atoms with Gasteiger partial charge in [-0.25, -0.2) is 4.79 Å². The Labute approximate surface area is 160 Å². The molecule has 0 aliphatic carbocycles. The first-order chi connectivity index (χ1) is 12.5. The van der Waals surface area contributed by atoms with E-state index in [2.05, 4.69) is 15.9 Å². The number of carbonyl (C=O) groups excluding carboxylic acids is 1. The fourth-order valence-electron chi connectivity index (χ4n) is 3.26. The minimum Gasteiger partial charge on any atom is -0.444 e. The topological polar surface area (TPSA) is 72.7 Å². The molecule has 1 amide bonds. The van der Waals surface area contributed by atoms with Crippen molar-refractivity contribution in [3.8, 4) is 0 Å². The molecule has 7 heteroatoms. The van der Waals surface area contributed by atoms with Crippen molar-refractivity contribution in [2.45, 2.75) is 38.8 Å². The van der Waals surface area contributed by atoms with Crippen LogP contribution >= 0.6 is 15.9 Å². The first-order valence-corrected chi connectivity index (χ1v) is 9.27. The Morgan fingerprint density at radius 3 is 2.73 bits per heavy atom. The molecule has 26 heavy (non-hydrogen) atoms. The maximum Gasteiger partial charge on any atom is 0.414 e. The van der Waals surface area contributed by atoms with E-state index in [4.69, 9.17) is 4.74 Å². The largest absolute Gasteiger partial charge is 0.444 e. The first-order valence-electron chi connectivity index (χ1n) is 8.48. The number of non-ortho nitro benzene ring substituents is 1. The van der Waals surface area contributed by atoms with E-state index in [1.807, 2.05) is 37.3 Å². The lowest BCUT2D eigenvalue weighted by molar-refractivity contribution is -0.385. The van der Waals surface area contributed by atoms with Crippen LogP contribution in [0.15, 0.2) is 46.9 Å². The maximum absolute atomic E-state index is 12.8. The molecule has 0 N–H and O–H groups in total. The Balaban J connectivity index is 1.89. The molecule has 1 aliphatic rings. The maximum atomic E-state index is 12.8. The number of amides is 1. The molecule has 6 nitrogen and oxygen atoms in total. The van der Waals surface area contributed by atoms with E-state index < -0.39 is 11.0 Å². The lowest BCUT2D eigenvalue weighted by Gasteiger charge is -2.36. The van der Waals surface area contributed by atoms with Crippen molar-refractivity contribution in [2.24, 2.45) is 0 Å². The first kappa shape index (κ1) is 18.4. The summed E-state index contributed by atoms with van der Waals surface area (Å²) >= 11 is 3.41. The quantitative estimate of drug-likeness (QED) is 0.503. The summed E-state index contributed by atoms with van der Waals surface area (Å²) in [7, 11) is 0. The lowest BCUT2D eigenvalue weighted by atomic mass is 9.94. The van der Waals surface area contributed by atoms with Gasteiger partial charge >= 0.3 is 6.09 Å². The number of nitro groups is 1. The molecule has 0 radical (unpaired) electrons. The van der Waals surface area contributed by atoms with Crippen molar-refractivity contribution in [3.63, 3.8) is 0 Å². The summed E-state index contributed by atoms with van der Waals surface area (Å²) in [5.74, 6) is 0. The number of halogens is 1. The van der Waals surface area contributed by atoms with Crippen molar-refractivity contribution in [2.75, 3.05) is 4.90 Å². The van der Waals surface area contributed by atoms with E-state index in [1.165, 1.54) is 6.07 Å². The van der Waals surface area contributed by atoms with Crippen LogP contribution in [0.2, 0.25) is 0 Å². The summed E-state index contributed by atoms with van der Waals surface area (Å²) < 4.78 is 6.06. The Kier molecular flexibility index (Phi) is 5.56. The van der Waals surface area contributed by atoms with Gasteiger partial charge < -0.3 is 4.74 Å². The van der Waals surface area contributed by atoms with E-state index in [1.54, 1.807) is 11.0 Å². The zero-order chi connectivity index (χ0) is 18.7. The second-order valence-electron chi connectivity index (χ2n) is 6.20. The van der Waals surface area contributed by atoms with Crippen molar-refractivity contribution >= 4 is 33.4 Å². The number of anilines is 1. The second kappa shape index (κ2) is 7.86. The van der Waals surface area contributed by atoms with E-state index in [9.17, 15) is 14.9 Å². The number of rotatable bonds is 4. The molecule has 2 aromatic carbocycles. The molecular weight excluding hydrogens is 400 g/mol. The van der Waals surface area contributed by atoms with Crippen LogP contribution in [0.25, 0.3) is 0 Å². The molecule has 1 atom stereocenters. The van der Waals surface area contributed by atoms with Crippen LogP contribution in [0, 0.1) is 10.1 Å². The van der Waals surface area contributed by atoms with Crippen LogP contribution in [-0.2, 0) is 17.8 Å². The molecular formula is C19H19BrN2O4. The highest BCUT2D eigenvalue weighted by molar-refractivity contribution is 9.10. The Hall–Kier alpha value is -2.41. The third-order valence-corrected chi connectivity index (χ3v) is 5.17. The molecule has 0 fully saturated rings. The summed E-state index contributed by atoms with van der Waals surface area (Å²) in [6, 6.07) is 12.5. The molecule has 1 unspecified atom stereocenters. The van der Waals surface area contributed by atoms with E-state index in [0.717, 1.165) is 24.0 Å². The van der Waals surface area contributed by atoms with Crippen LogP contribution in [-0.4, -0.2) is 17.1 Å². The summed E-state index contributed by atoms with van der Waals surface area (Å²) in [5.41, 5.74) is 2.39. The highest BCUT2D eigenvalue weighted by Crippen LogP contribution is 2.41. The molecule has 1 aliphatic heterocycles. The minimum atomic E-state index is -0.434. The number of ether oxygens (including phenoxy) is 1. The van der Waals surface area contributed by atoms with Crippen LogP contribution in [0.4, 0.5) is 16.2 Å². The van der Waals surface area contributed by atoms with Crippen LogP contribution in [0.3, 0.4) is 0 Å². The van der Waals surface area contributed by atoms with Gasteiger partial charge in [-0.3, -0.25) is 15.0 Å². The van der Waals surface area contributed by atoms with Crippen LogP contribution in [0.1, 0.15) is 30.9 Å². The predicted molar refractivity (Wildman–Crippen MR) is 102 cm³/mol. The average Bonchev–Trinajstić information content (AvgIpc) is 2.65. The number of aryl methyl sites for hydroxylation is 1. The number of nitro benzene ring substituents is 1. The SMILES string of the molecule is CCC1CCc2cc([N+](=O)[O-])cc(Br)c2N1C(=O)OCc1ccccc1. The number of hydrogen-bond donors (Lipinski definition) is 0. The smallest absolute Gasteiger partial charge is 0.414 e. The number of fused-ring (bicyclic) bond motifs is 1. The fraction of sp³-hybridized carbons (Fsp3) is 0.316. The van der Waals surface area contributed by atoms with Gasteiger partial charge in [-0.05, 0) is 46.3 Å². The van der Waals surface area contributed by atoms with Gasteiger partial charge in [0, 0.05) is 22.6 Å². The number of carbonyl (C=O) groups is 1. The zero-order valence-electron chi connectivity index (χ0n) is 14.4. The minimum absolute atomic E-state index is 0.00327. The molecule has 0 spiro atoms. The lowest BCUT2D eigenvalue weighted by Crippen LogP contribution is -2.44. The van der Waals surface area contributed by atoms with Crippen molar-refractivity contribution in [1.29, 1.82) is 0 Å². The standard InChI is InChI=1S/C19H19BrN2O4/c1-2-15-9-8-14-10-16(22(24)25)11-17(20)18(14)21(15)19(23)26-12-13-6-4-3-5-7-13/h3-7,10-11,15H,2,8-9,12H2,1H3. The molecule has 0 saturated carbocycles. The molecule has 0 aromatic heterocycles. The summed E-state index contributed by atoms with van der Waals surface area (Å²) in [4.78, 5) is 25.2. The number of benzene rings is 2. The highest BCUT2D eigenvalue weighted by Gasteiger charge is 2.34. The third-order valence-electron chi connectivity index (χ3n) is 4.56. The van der Waals surface area contributed by atoms with E-state index >= 15 is 0 Å². The van der Waals surface area contributed by atoms with Gasteiger partial charge in [-0.15, -0.1) is 0 Å². The van der Waals surface area contributed by atoms with Crippen molar-refractivity contribution in [1.82, 2.24) is 0 Å². The van der Waals surface area contributed by atoms with Gasteiger partial charge in [-0.2, -0.15) is 0 Å².